The SMILES string of the molecule is CC(C)c1cc(N2c3ccccc3C(c3ccccc3)(c3ccccc3)c3cc4c(cc32)oc2ccccc24)c2ccc3c(C(C)C)cc(N4c5ccccc5C(c5ccccc5)(c5ccccc5)c5cc6c(cc54)oc4ccccc46)c4ccc1c2c34. The number of benzene rings is 14. The van der Waals surface area contributed by atoms with Crippen LogP contribution in [0.1, 0.15) is 95.2 Å². The Morgan fingerprint density at radius 3 is 0.955 bits per heavy atom. The van der Waals surface area contributed by atoms with Crippen LogP contribution < -0.4 is 9.80 Å². The molecule has 0 aliphatic carbocycles. The van der Waals surface area contributed by atoms with Gasteiger partial charge < -0.3 is 18.6 Å². The van der Waals surface area contributed by atoms with Crippen molar-refractivity contribution >= 4 is 110 Å². The molecule has 418 valence electrons. The van der Waals surface area contributed by atoms with Crippen LogP contribution in [0.2, 0.25) is 0 Å². The molecule has 0 saturated heterocycles. The second-order valence-corrected chi connectivity index (χ2v) is 24.9. The predicted molar refractivity (Wildman–Crippen MR) is 366 cm³/mol. The second-order valence-electron chi connectivity index (χ2n) is 24.9. The van der Waals surface area contributed by atoms with Crippen molar-refractivity contribution in [2.75, 3.05) is 9.80 Å². The summed E-state index contributed by atoms with van der Waals surface area (Å²) >= 11 is 0. The molecule has 0 atom stereocenters. The van der Waals surface area contributed by atoms with Gasteiger partial charge in [0.15, 0.2) is 0 Å². The van der Waals surface area contributed by atoms with Crippen molar-refractivity contribution in [3.8, 4) is 0 Å². The Kier molecular flexibility index (Phi) is 10.9. The summed E-state index contributed by atoms with van der Waals surface area (Å²) in [4.78, 5) is 5.18. The number of fused-ring (bicyclic) bond motifs is 10. The summed E-state index contributed by atoms with van der Waals surface area (Å²) in [6.45, 7) is 9.44. The largest absolute Gasteiger partial charge is 0.456 e. The molecule has 0 bridgehead atoms. The molecule has 2 aliphatic heterocycles. The van der Waals surface area contributed by atoms with Gasteiger partial charge in [-0.2, -0.15) is 0 Å². The summed E-state index contributed by atoms with van der Waals surface area (Å²) in [6, 6.07) is 104. The maximum atomic E-state index is 6.93. The molecule has 4 heterocycles. The van der Waals surface area contributed by atoms with Gasteiger partial charge in [-0.05, 0) is 138 Å². The zero-order valence-corrected chi connectivity index (χ0v) is 49.4. The van der Waals surface area contributed by atoms with Crippen LogP contribution in [0.15, 0.2) is 288 Å². The van der Waals surface area contributed by atoms with Crippen molar-refractivity contribution in [2.45, 2.75) is 50.4 Å². The van der Waals surface area contributed by atoms with E-state index in [1.54, 1.807) is 0 Å². The minimum Gasteiger partial charge on any atom is -0.456 e. The summed E-state index contributed by atoms with van der Waals surface area (Å²) in [5, 5.41) is 11.9. The van der Waals surface area contributed by atoms with Crippen molar-refractivity contribution in [3.63, 3.8) is 0 Å². The van der Waals surface area contributed by atoms with E-state index in [0.29, 0.717) is 0 Å². The third-order valence-electron chi connectivity index (χ3n) is 19.8. The van der Waals surface area contributed by atoms with Gasteiger partial charge in [-0.25, -0.2) is 0 Å². The first-order chi connectivity index (χ1) is 43.3. The molecule has 0 spiro atoms. The molecule has 14 aromatic carbocycles. The lowest BCUT2D eigenvalue weighted by molar-refractivity contribution is 0.667. The Hall–Kier alpha value is -10.7. The highest BCUT2D eigenvalue weighted by Gasteiger charge is 2.49. The van der Waals surface area contributed by atoms with Gasteiger partial charge in [-0.15, -0.1) is 0 Å². The van der Waals surface area contributed by atoms with Crippen LogP contribution in [-0.2, 0) is 10.8 Å². The summed E-state index contributed by atoms with van der Waals surface area (Å²) < 4.78 is 13.9. The number of furan rings is 2. The van der Waals surface area contributed by atoms with Crippen LogP contribution in [0, 0.1) is 0 Å². The van der Waals surface area contributed by atoms with Gasteiger partial charge in [0, 0.05) is 44.5 Å². The molecule has 0 unspecified atom stereocenters. The van der Waals surface area contributed by atoms with Crippen LogP contribution in [0.25, 0.3) is 76.2 Å². The molecule has 2 aromatic heterocycles. The fraction of sp³-hybridized carbons (Fsp3) is 0.0952. The van der Waals surface area contributed by atoms with E-state index >= 15 is 0 Å². The molecule has 0 N–H and O–H groups in total. The summed E-state index contributed by atoms with van der Waals surface area (Å²) in [7, 11) is 0. The molecule has 0 fully saturated rings. The van der Waals surface area contributed by atoms with E-state index in [1.807, 2.05) is 0 Å². The lowest BCUT2D eigenvalue weighted by Crippen LogP contribution is -2.37. The first-order valence-electron chi connectivity index (χ1n) is 31.0. The highest BCUT2D eigenvalue weighted by Crippen LogP contribution is 2.63. The molecular weight excluding hydrogens is 1070 g/mol. The summed E-state index contributed by atoms with van der Waals surface area (Å²) in [6.07, 6.45) is 0. The van der Waals surface area contributed by atoms with E-state index < -0.39 is 10.8 Å². The quantitative estimate of drug-likeness (QED) is 0.142. The highest BCUT2D eigenvalue weighted by atomic mass is 16.3. The van der Waals surface area contributed by atoms with E-state index in [2.05, 4.69) is 317 Å². The van der Waals surface area contributed by atoms with E-state index in [4.69, 9.17) is 8.83 Å². The Labute approximate surface area is 511 Å². The lowest BCUT2D eigenvalue weighted by Gasteiger charge is -2.47. The molecule has 4 nitrogen and oxygen atoms in total. The summed E-state index contributed by atoms with van der Waals surface area (Å²) in [5.41, 5.74) is 21.1. The zero-order chi connectivity index (χ0) is 58.6. The molecule has 16 aromatic rings. The fourth-order valence-corrected chi connectivity index (χ4v) is 16.2. The summed E-state index contributed by atoms with van der Waals surface area (Å²) in [5.74, 6) is 0.377. The van der Waals surface area contributed by atoms with Crippen LogP contribution >= 0.6 is 0 Å². The van der Waals surface area contributed by atoms with Gasteiger partial charge in [0.25, 0.3) is 0 Å². The van der Waals surface area contributed by atoms with Gasteiger partial charge in [0.1, 0.15) is 22.3 Å². The maximum Gasteiger partial charge on any atom is 0.137 e. The van der Waals surface area contributed by atoms with Gasteiger partial charge in [0.2, 0.25) is 0 Å². The molecule has 0 saturated carbocycles. The third-order valence-corrected chi connectivity index (χ3v) is 19.8. The maximum absolute atomic E-state index is 6.93. The molecule has 0 radical (unpaired) electrons. The van der Waals surface area contributed by atoms with Gasteiger partial charge in [0.05, 0.1) is 45.0 Å². The average Bonchev–Trinajstić information content (AvgIpc) is 1.63. The third kappa shape index (κ3) is 6.80. The van der Waals surface area contributed by atoms with Gasteiger partial charge in [-0.3, -0.25) is 0 Å². The molecular formula is C84H60N2O2. The minimum atomic E-state index is -0.698. The Morgan fingerprint density at radius 2 is 0.580 bits per heavy atom. The molecule has 4 heteroatoms. The average molecular weight is 1130 g/mol. The molecule has 0 amide bonds. The van der Waals surface area contributed by atoms with Crippen molar-refractivity contribution in [2.24, 2.45) is 0 Å². The molecule has 2 aliphatic rings. The standard InChI is InChI=1S/C84H60N2O2/c1-51(2)63-47-73(85-71-37-21-19-35-67(71)83(53-25-9-5-10-26-53,54-27-11-6-12-28-54)69-45-65-57-33-17-23-39-77(57)87-79(65)49-75(69)85)61-44-42-60-64(52(3)4)48-74(62-43-41-59(63)81(61)82(60)62)86-72-38-22-20-36-68(72)84(55-29-13-7-14-30-55,56-31-15-8-16-32-56)70-46-66-58-34-18-24-40-78(58)88-80(66)50-76(70)86/h5-52H,1-4H3. The number of hydrogen-bond acceptors (Lipinski definition) is 4. The van der Waals surface area contributed by atoms with Crippen molar-refractivity contribution < 1.29 is 8.83 Å². The predicted octanol–water partition coefficient (Wildman–Crippen LogP) is 23.0. The van der Waals surface area contributed by atoms with Crippen LogP contribution in [0.3, 0.4) is 0 Å². The van der Waals surface area contributed by atoms with Crippen LogP contribution in [0.5, 0.6) is 0 Å². The van der Waals surface area contributed by atoms with Crippen molar-refractivity contribution in [3.05, 3.63) is 335 Å². The first kappa shape index (κ1) is 50.6. The van der Waals surface area contributed by atoms with Gasteiger partial charge >= 0.3 is 0 Å². The van der Waals surface area contributed by atoms with Crippen molar-refractivity contribution in [1.29, 1.82) is 0 Å². The Balaban J connectivity index is 0.964. The monoisotopic (exact) mass is 1130 g/mol. The van der Waals surface area contributed by atoms with E-state index in [1.165, 1.54) is 88.0 Å². The van der Waals surface area contributed by atoms with E-state index in [-0.39, 0.29) is 11.8 Å². The number of nitrogens with zero attached hydrogens (tertiary/aromatic N) is 2. The van der Waals surface area contributed by atoms with Gasteiger partial charge in [-0.1, -0.05) is 246 Å². The zero-order valence-electron chi connectivity index (χ0n) is 49.4. The number of rotatable bonds is 8. The number of para-hydroxylation sites is 4. The smallest absolute Gasteiger partial charge is 0.137 e. The second kappa shape index (κ2) is 18.9. The topological polar surface area (TPSA) is 32.8 Å². The molecule has 18 rings (SSSR count). The molecule has 88 heavy (non-hydrogen) atoms. The lowest BCUT2D eigenvalue weighted by atomic mass is 9.62. The minimum absolute atomic E-state index is 0.189. The first-order valence-corrected chi connectivity index (χ1v) is 31.0. The van der Waals surface area contributed by atoms with E-state index in [0.717, 1.165) is 78.0 Å². The Morgan fingerprint density at radius 1 is 0.250 bits per heavy atom. The van der Waals surface area contributed by atoms with Crippen LogP contribution in [0.4, 0.5) is 34.1 Å². The van der Waals surface area contributed by atoms with Crippen molar-refractivity contribution in [1.82, 2.24) is 0 Å². The number of hydrogen-bond donors (Lipinski definition) is 0. The highest BCUT2D eigenvalue weighted by molar-refractivity contribution is 6.30. The normalized spacial score (nSPS) is 14.2. The van der Waals surface area contributed by atoms with E-state index in [9.17, 15) is 0 Å². The van der Waals surface area contributed by atoms with Crippen LogP contribution in [-0.4, -0.2) is 0 Å². The Bertz CT molecular complexity index is 5040. The fourth-order valence-electron chi connectivity index (χ4n) is 16.2. The number of anilines is 6.